The van der Waals surface area contributed by atoms with Gasteiger partial charge in [-0.05, 0) is 42.1 Å². The standard InChI is InChI=1S/C22H22N4O3S/c1-4-18(27)25-16-12-8-6-10-14(16)19-20(28)23-22(30-3)24-26(19)21(25)15-11-7-9-13-17(15)29-5-2/h6-13,21H,4-5H2,1-3H3/p+1/t21-/m1/s1. The highest BCUT2D eigenvalue weighted by Gasteiger charge is 2.46. The van der Waals surface area contributed by atoms with E-state index in [0.29, 0.717) is 40.9 Å². The molecule has 1 amide bonds. The molecule has 0 aliphatic carbocycles. The van der Waals surface area contributed by atoms with Gasteiger partial charge < -0.3 is 4.74 Å². The summed E-state index contributed by atoms with van der Waals surface area (Å²) in [5.74, 6) is 0.592. The number of hydrogen-bond donors (Lipinski definition) is 1. The first-order chi connectivity index (χ1) is 14.6. The van der Waals surface area contributed by atoms with Gasteiger partial charge in [-0.25, -0.2) is 4.90 Å². The Bertz CT molecular complexity index is 1160. The first kappa shape index (κ1) is 20.2. The molecule has 0 fully saturated rings. The Morgan fingerprint density at radius 1 is 1.20 bits per heavy atom. The summed E-state index contributed by atoms with van der Waals surface area (Å²) in [6.45, 7) is 4.23. The molecule has 0 bridgehead atoms. The van der Waals surface area contributed by atoms with Crippen LogP contribution < -0.4 is 19.9 Å². The van der Waals surface area contributed by atoms with E-state index in [4.69, 9.17) is 9.84 Å². The van der Waals surface area contributed by atoms with Crippen LogP contribution in [0.4, 0.5) is 5.69 Å². The predicted molar refractivity (Wildman–Crippen MR) is 116 cm³/mol. The van der Waals surface area contributed by atoms with Crippen LogP contribution >= 0.6 is 11.8 Å². The number of nitrogens with zero attached hydrogens (tertiary/aromatic N) is 3. The lowest BCUT2D eigenvalue weighted by atomic mass is 10.0. The van der Waals surface area contributed by atoms with Gasteiger partial charge in [0.25, 0.3) is 6.17 Å². The number of thioether (sulfide) groups is 1. The van der Waals surface area contributed by atoms with Crippen LogP contribution in [0, 0.1) is 0 Å². The molecule has 2 aromatic carbocycles. The van der Waals surface area contributed by atoms with Crippen molar-refractivity contribution in [1.82, 2.24) is 10.1 Å². The van der Waals surface area contributed by atoms with E-state index >= 15 is 0 Å². The lowest BCUT2D eigenvalue weighted by Gasteiger charge is -2.32. The Morgan fingerprint density at radius 3 is 2.67 bits per heavy atom. The SMILES string of the molecule is CCOc1ccccc1[C@@H]1N(C(=O)CC)c2ccccc2-c2c(=O)[nH]c(SC)n[n+]21. The normalized spacial score (nSPS) is 14.8. The highest BCUT2D eigenvalue weighted by atomic mass is 32.2. The number of carbonyl (C=O) groups is 1. The van der Waals surface area contributed by atoms with Crippen molar-refractivity contribution in [2.24, 2.45) is 0 Å². The summed E-state index contributed by atoms with van der Waals surface area (Å²) in [5.41, 5.74) is 2.30. The Kier molecular flexibility index (Phi) is 5.59. The molecule has 3 aromatic rings. The highest BCUT2D eigenvalue weighted by Crippen LogP contribution is 2.39. The van der Waals surface area contributed by atoms with Crippen LogP contribution in [0.15, 0.2) is 58.5 Å². The van der Waals surface area contributed by atoms with Gasteiger partial charge in [0.05, 0.1) is 23.4 Å². The van der Waals surface area contributed by atoms with Gasteiger partial charge in [0.1, 0.15) is 5.75 Å². The molecule has 1 aromatic heterocycles. The number of carbonyl (C=O) groups excluding carboxylic acids is 1. The summed E-state index contributed by atoms with van der Waals surface area (Å²) in [4.78, 5) is 30.8. The van der Waals surface area contributed by atoms with Crippen molar-refractivity contribution in [2.45, 2.75) is 31.6 Å². The molecule has 0 saturated carbocycles. The van der Waals surface area contributed by atoms with E-state index in [1.165, 1.54) is 11.8 Å². The molecule has 0 saturated heterocycles. The molecule has 0 radical (unpaired) electrons. The first-order valence-corrected chi connectivity index (χ1v) is 11.1. The third kappa shape index (κ3) is 3.27. The molecular formula is C22H23N4O3S+. The Morgan fingerprint density at radius 2 is 1.93 bits per heavy atom. The average Bonchev–Trinajstić information content (AvgIpc) is 2.78. The minimum absolute atomic E-state index is 0.0651. The van der Waals surface area contributed by atoms with E-state index in [1.807, 2.05) is 68.6 Å². The van der Waals surface area contributed by atoms with E-state index in [1.54, 1.807) is 9.58 Å². The molecular weight excluding hydrogens is 400 g/mol. The van der Waals surface area contributed by atoms with Crippen molar-refractivity contribution in [3.05, 3.63) is 64.4 Å². The van der Waals surface area contributed by atoms with Crippen molar-refractivity contribution in [1.29, 1.82) is 0 Å². The summed E-state index contributed by atoms with van der Waals surface area (Å²) in [6, 6.07) is 15.0. The number of nitrogens with one attached hydrogen (secondary N) is 1. The van der Waals surface area contributed by atoms with Gasteiger partial charge in [-0.1, -0.05) is 43.0 Å². The molecule has 2 heterocycles. The highest BCUT2D eigenvalue weighted by molar-refractivity contribution is 7.98. The third-order valence-corrected chi connectivity index (χ3v) is 5.59. The van der Waals surface area contributed by atoms with Gasteiger partial charge in [-0.2, -0.15) is 0 Å². The molecule has 0 unspecified atom stereocenters. The molecule has 1 atom stereocenters. The number of rotatable bonds is 5. The molecule has 0 spiro atoms. The molecule has 154 valence electrons. The van der Waals surface area contributed by atoms with Gasteiger partial charge in [0.2, 0.25) is 11.1 Å². The number of amides is 1. The molecule has 30 heavy (non-hydrogen) atoms. The van der Waals surface area contributed by atoms with Crippen molar-refractivity contribution < 1.29 is 14.2 Å². The van der Waals surface area contributed by atoms with Crippen molar-refractivity contribution in [2.75, 3.05) is 17.8 Å². The summed E-state index contributed by atoms with van der Waals surface area (Å²) in [6.07, 6.45) is 1.52. The maximum absolute atomic E-state index is 13.2. The number of anilines is 1. The fraction of sp³-hybridized carbons (Fsp3) is 0.273. The van der Waals surface area contributed by atoms with E-state index in [0.717, 1.165) is 5.56 Å². The molecule has 4 rings (SSSR count). The first-order valence-electron chi connectivity index (χ1n) is 9.84. The van der Waals surface area contributed by atoms with Crippen molar-refractivity contribution in [3.63, 3.8) is 0 Å². The monoisotopic (exact) mass is 423 g/mol. The predicted octanol–water partition coefficient (Wildman–Crippen LogP) is 3.15. The van der Waals surface area contributed by atoms with Gasteiger partial charge in [-0.15, -0.1) is 0 Å². The quantitative estimate of drug-likeness (QED) is 0.504. The van der Waals surface area contributed by atoms with Gasteiger partial charge in [0, 0.05) is 11.5 Å². The van der Waals surface area contributed by atoms with E-state index in [2.05, 4.69) is 4.98 Å². The zero-order valence-corrected chi connectivity index (χ0v) is 17.9. The fourth-order valence-electron chi connectivity index (χ4n) is 3.77. The van der Waals surface area contributed by atoms with Crippen LogP contribution in [0.25, 0.3) is 11.3 Å². The third-order valence-electron chi connectivity index (χ3n) is 5.02. The maximum atomic E-state index is 13.2. The lowest BCUT2D eigenvalue weighted by molar-refractivity contribution is -0.763. The molecule has 7 nitrogen and oxygen atoms in total. The number of ether oxygens (including phenoxy) is 1. The Labute approximate surface area is 178 Å². The summed E-state index contributed by atoms with van der Waals surface area (Å²) >= 11 is 1.34. The number of benzene rings is 2. The summed E-state index contributed by atoms with van der Waals surface area (Å²) in [5, 5.41) is 5.17. The molecule has 1 aliphatic heterocycles. The second-order valence-corrected chi connectivity index (χ2v) is 7.53. The van der Waals surface area contributed by atoms with Crippen LogP contribution in [0.3, 0.4) is 0 Å². The van der Waals surface area contributed by atoms with Crippen LogP contribution in [0.2, 0.25) is 0 Å². The maximum Gasteiger partial charge on any atom is 0.325 e. The minimum Gasteiger partial charge on any atom is -0.493 e. The minimum atomic E-state index is -0.640. The topological polar surface area (TPSA) is 79.2 Å². The number of fused-ring (bicyclic) bond motifs is 3. The van der Waals surface area contributed by atoms with Gasteiger partial charge in [-0.3, -0.25) is 14.6 Å². The van der Waals surface area contributed by atoms with Crippen LogP contribution in [0.1, 0.15) is 32.0 Å². The largest absolute Gasteiger partial charge is 0.493 e. The van der Waals surface area contributed by atoms with Crippen molar-refractivity contribution >= 4 is 23.4 Å². The number of aromatic nitrogens is 3. The number of H-pyrrole nitrogens is 1. The molecule has 1 aliphatic rings. The fourth-order valence-corrected chi connectivity index (χ4v) is 4.13. The zero-order valence-electron chi connectivity index (χ0n) is 17.1. The zero-order chi connectivity index (χ0) is 21.3. The van der Waals surface area contributed by atoms with Gasteiger partial charge in [0.15, 0.2) is 0 Å². The van der Waals surface area contributed by atoms with Crippen molar-refractivity contribution in [3.8, 4) is 17.0 Å². The average molecular weight is 424 g/mol. The number of aromatic amines is 1. The summed E-state index contributed by atoms with van der Waals surface area (Å²) in [7, 11) is 0. The lowest BCUT2D eigenvalue weighted by Crippen LogP contribution is -2.60. The number of para-hydroxylation sites is 2. The Hall–Kier alpha value is -3.13. The smallest absolute Gasteiger partial charge is 0.325 e. The van der Waals surface area contributed by atoms with E-state index < -0.39 is 6.17 Å². The second-order valence-electron chi connectivity index (χ2n) is 6.74. The molecule has 8 heteroatoms. The molecule has 1 N–H and O–H groups in total. The van der Waals surface area contributed by atoms with E-state index in [9.17, 15) is 9.59 Å². The van der Waals surface area contributed by atoms with Crippen LogP contribution in [-0.2, 0) is 4.79 Å². The second kappa shape index (κ2) is 8.31. The van der Waals surface area contributed by atoms with Crippen LogP contribution in [-0.4, -0.2) is 28.9 Å². The van der Waals surface area contributed by atoms with Crippen LogP contribution in [0.5, 0.6) is 5.75 Å². The number of hydrogen-bond acceptors (Lipinski definition) is 5. The van der Waals surface area contributed by atoms with Gasteiger partial charge >= 0.3 is 11.3 Å². The van der Waals surface area contributed by atoms with E-state index in [-0.39, 0.29) is 11.5 Å². The Balaban J connectivity index is 2.09. The summed E-state index contributed by atoms with van der Waals surface area (Å²) < 4.78 is 7.52.